The number of rotatable bonds is 5. The Morgan fingerprint density at radius 1 is 1.42 bits per heavy atom. The number of hydrogen-bond acceptors (Lipinski definition) is 3. The van der Waals surface area contributed by atoms with Gasteiger partial charge in [-0.3, -0.25) is 0 Å². The van der Waals surface area contributed by atoms with Gasteiger partial charge in [0.25, 0.3) is 0 Å². The van der Waals surface area contributed by atoms with Crippen LogP contribution in [0.1, 0.15) is 31.9 Å². The molecule has 0 aliphatic heterocycles. The molecule has 1 saturated carbocycles. The van der Waals surface area contributed by atoms with E-state index in [1.165, 1.54) is 25.0 Å². The van der Waals surface area contributed by atoms with E-state index in [0.29, 0.717) is 6.04 Å². The van der Waals surface area contributed by atoms with Crippen molar-refractivity contribution >= 4 is 17.4 Å². The fourth-order valence-corrected chi connectivity index (χ4v) is 4.11. The summed E-state index contributed by atoms with van der Waals surface area (Å²) in [4.78, 5) is 4.64. The third-order valence-electron chi connectivity index (χ3n) is 3.79. The van der Waals surface area contributed by atoms with E-state index in [-0.39, 0.29) is 0 Å². The lowest BCUT2D eigenvalue weighted by atomic mass is 10.2. The van der Waals surface area contributed by atoms with Gasteiger partial charge in [-0.2, -0.15) is 11.8 Å². The predicted molar refractivity (Wildman–Crippen MR) is 81.6 cm³/mol. The SMILES string of the molecule is CCSC1CCCC1NCc1cn2ccccc2n1. The largest absolute Gasteiger partial charge is 0.307 e. The van der Waals surface area contributed by atoms with E-state index in [2.05, 4.69) is 51.8 Å². The molecule has 1 fully saturated rings. The fourth-order valence-electron chi connectivity index (χ4n) is 2.88. The average Bonchev–Trinajstić information content (AvgIpc) is 3.02. The van der Waals surface area contributed by atoms with Gasteiger partial charge in [-0.25, -0.2) is 4.98 Å². The van der Waals surface area contributed by atoms with E-state index >= 15 is 0 Å². The maximum atomic E-state index is 4.64. The van der Waals surface area contributed by atoms with E-state index < -0.39 is 0 Å². The molecule has 0 aromatic carbocycles. The number of nitrogens with zero attached hydrogens (tertiary/aromatic N) is 2. The molecule has 0 radical (unpaired) electrons. The highest BCUT2D eigenvalue weighted by atomic mass is 32.2. The molecule has 4 heteroatoms. The minimum atomic E-state index is 0.662. The fraction of sp³-hybridized carbons (Fsp3) is 0.533. The molecule has 2 aromatic rings. The van der Waals surface area contributed by atoms with Crippen molar-refractivity contribution in [3.8, 4) is 0 Å². The molecule has 1 aliphatic carbocycles. The lowest BCUT2D eigenvalue weighted by Gasteiger charge is -2.19. The summed E-state index contributed by atoms with van der Waals surface area (Å²) in [6, 6.07) is 6.78. The van der Waals surface area contributed by atoms with Crippen LogP contribution in [0.3, 0.4) is 0 Å². The molecule has 3 rings (SSSR count). The molecule has 19 heavy (non-hydrogen) atoms. The molecule has 2 unspecified atom stereocenters. The molecule has 0 bridgehead atoms. The quantitative estimate of drug-likeness (QED) is 0.909. The zero-order chi connectivity index (χ0) is 13.1. The molecule has 2 atom stereocenters. The van der Waals surface area contributed by atoms with Crippen LogP contribution >= 0.6 is 11.8 Å². The normalized spacial score (nSPS) is 23.2. The van der Waals surface area contributed by atoms with Gasteiger partial charge in [0.15, 0.2) is 0 Å². The van der Waals surface area contributed by atoms with Gasteiger partial charge in [0.2, 0.25) is 0 Å². The molecule has 1 aliphatic rings. The average molecular weight is 275 g/mol. The van der Waals surface area contributed by atoms with E-state index in [0.717, 1.165) is 23.1 Å². The van der Waals surface area contributed by atoms with Crippen molar-refractivity contribution in [3.05, 3.63) is 36.3 Å². The zero-order valence-corrected chi connectivity index (χ0v) is 12.2. The predicted octanol–water partition coefficient (Wildman–Crippen LogP) is 3.10. The first-order valence-electron chi connectivity index (χ1n) is 7.14. The smallest absolute Gasteiger partial charge is 0.137 e. The highest BCUT2D eigenvalue weighted by Crippen LogP contribution is 2.30. The molecular formula is C15H21N3S. The first kappa shape index (κ1) is 13.0. The summed E-state index contributed by atoms with van der Waals surface area (Å²) in [7, 11) is 0. The second kappa shape index (κ2) is 5.97. The second-order valence-electron chi connectivity index (χ2n) is 5.11. The summed E-state index contributed by atoms with van der Waals surface area (Å²) in [6.07, 6.45) is 8.21. The molecule has 0 amide bonds. The number of fused-ring (bicyclic) bond motifs is 1. The van der Waals surface area contributed by atoms with Gasteiger partial charge in [-0.1, -0.05) is 19.4 Å². The van der Waals surface area contributed by atoms with Gasteiger partial charge in [-0.05, 0) is 30.7 Å². The van der Waals surface area contributed by atoms with Gasteiger partial charge in [0.05, 0.1) is 5.69 Å². The van der Waals surface area contributed by atoms with Crippen molar-refractivity contribution in [1.29, 1.82) is 0 Å². The number of thioether (sulfide) groups is 1. The number of pyridine rings is 1. The minimum absolute atomic E-state index is 0.662. The molecular weight excluding hydrogens is 254 g/mol. The van der Waals surface area contributed by atoms with Crippen LogP contribution in [0.15, 0.2) is 30.6 Å². The number of imidazole rings is 1. The van der Waals surface area contributed by atoms with Crippen LogP contribution in [0.4, 0.5) is 0 Å². The summed E-state index contributed by atoms with van der Waals surface area (Å²) < 4.78 is 2.09. The summed E-state index contributed by atoms with van der Waals surface area (Å²) in [6.45, 7) is 3.13. The van der Waals surface area contributed by atoms with Crippen LogP contribution in [-0.2, 0) is 6.54 Å². The first-order valence-corrected chi connectivity index (χ1v) is 8.19. The number of aromatic nitrogens is 2. The van der Waals surface area contributed by atoms with Crippen molar-refractivity contribution < 1.29 is 0 Å². The Morgan fingerprint density at radius 2 is 2.37 bits per heavy atom. The molecule has 1 N–H and O–H groups in total. The molecule has 102 valence electrons. The standard InChI is InChI=1S/C15H21N3S/c1-2-19-14-7-5-6-13(14)16-10-12-11-18-9-4-3-8-15(18)17-12/h3-4,8-9,11,13-14,16H,2,5-7,10H2,1H3. The summed E-state index contributed by atoms with van der Waals surface area (Å²) >= 11 is 2.10. The van der Waals surface area contributed by atoms with Crippen LogP contribution in [0.25, 0.3) is 5.65 Å². The van der Waals surface area contributed by atoms with Crippen LogP contribution in [-0.4, -0.2) is 26.4 Å². The number of hydrogen-bond donors (Lipinski definition) is 1. The molecule has 2 heterocycles. The van der Waals surface area contributed by atoms with E-state index in [1.807, 2.05) is 12.1 Å². The Kier molecular flexibility index (Phi) is 4.09. The molecule has 0 spiro atoms. The second-order valence-corrected chi connectivity index (χ2v) is 6.63. The summed E-state index contributed by atoms with van der Waals surface area (Å²) in [5, 5.41) is 4.49. The lowest BCUT2D eigenvalue weighted by molar-refractivity contribution is 0.528. The van der Waals surface area contributed by atoms with Gasteiger partial charge in [-0.15, -0.1) is 0 Å². The Bertz CT molecular complexity index is 504. The maximum Gasteiger partial charge on any atom is 0.137 e. The Morgan fingerprint density at radius 3 is 3.21 bits per heavy atom. The van der Waals surface area contributed by atoms with Gasteiger partial charge >= 0.3 is 0 Å². The van der Waals surface area contributed by atoms with E-state index in [9.17, 15) is 0 Å². The Hall–Kier alpha value is -1.00. The van der Waals surface area contributed by atoms with Crippen LogP contribution in [0.2, 0.25) is 0 Å². The Labute approximate surface area is 118 Å². The van der Waals surface area contributed by atoms with Crippen LogP contribution in [0, 0.1) is 0 Å². The maximum absolute atomic E-state index is 4.64. The third-order valence-corrected chi connectivity index (χ3v) is 5.12. The van der Waals surface area contributed by atoms with Crippen LogP contribution in [0.5, 0.6) is 0 Å². The molecule has 3 nitrogen and oxygen atoms in total. The molecule has 0 saturated heterocycles. The molecule has 2 aromatic heterocycles. The van der Waals surface area contributed by atoms with Crippen LogP contribution < -0.4 is 5.32 Å². The van der Waals surface area contributed by atoms with Gasteiger partial charge in [0.1, 0.15) is 5.65 Å². The lowest BCUT2D eigenvalue weighted by Crippen LogP contribution is -2.33. The summed E-state index contributed by atoms with van der Waals surface area (Å²) in [5.41, 5.74) is 2.17. The van der Waals surface area contributed by atoms with Crippen molar-refractivity contribution in [2.75, 3.05) is 5.75 Å². The minimum Gasteiger partial charge on any atom is -0.307 e. The van der Waals surface area contributed by atoms with Crippen molar-refractivity contribution in [1.82, 2.24) is 14.7 Å². The number of nitrogens with one attached hydrogen (secondary N) is 1. The topological polar surface area (TPSA) is 29.3 Å². The van der Waals surface area contributed by atoms with Crippen molar-refractivity contribution in [2.24, 2.45) is 0 Å². The summed E-state index contributed by atoms with van der Waals surface area (Å²) in [5.74, 6) is 1.22. The monoisotopic (exact) mass is 275 g/mol. The zero-order valence-electron chi connectivity index (χ0n) is 11.4. The highest BCUT2D eigenvalue weighted by Gasteiger charge is 2.26. The van der Waals surface area contributed by atoms with Gasteiger partial charge < -0.3 is 9.72 Å². The third kappa shape index (κ3) is 2.95. The first-order chi connectivity index (χ1) is 9.36. The van der Waals surface area contributed by atoms with E-state index in [4.69, 9.17) is 0 Å². The van der Waals surface area contributed by atoms with Crippen molar-refractivity contribution in [3.63, 3.8) is 0 Å². The Balaban J connectivity index is 1.62. The van der Waals surface area contributed by atoms with Crippen molar-refractivity contribution in [2.45, 2.75) is 44.0 Å². The highest BCUT2D eigenvalue weighted by molar-refractivity contribution is 7.99. The van der Waals surface area contributed by atoms with Gasteiger partial charge in [0, 0.05) is 30.2 Å². The van der Waals surface area contributed by atoms with E-state index in [1.54, 1.807) is 0 Å².